The number of hydrogen-bond acceptors (Lipinski definition) is 6. The third kappa shape index (κ3) is 2.53. The molecule has 0 aliphatic heterocycles. The zero-order valence-corrected chi connectivity index (χ0v) is 8.70. The maximum atomic E-state index is 4.82. The Bertz CT molecular complexity index is 278. The van der Waals surface area contributed by atoms with Gasteiger partial charge in [0.15, 0.2) is 5.82 Å². The van der Waals surface area contributed by atoms with Gasteiger partial charge in [0.05, 0.1) is 0 Å². The van der Waals surface area contributed by atoms with Gasteiger partial charge in [-0.25, -0.2) is 0 Å². The van der Waals surface area contributed by atoms with Crippen LogP contribution in [0.2, 0.25) is 0 Å². The topological polar surface area (TPSA) is 51.3 Å². The molecule has 0 atom stereocenters. The molecule has 0 bridgehead atoms. The van der Waals surface area contributed by atoms with Gasteiger partial charge in [-0.1, -0.05) is 5.16 Å². The van der Waals surface area contributed by atoms with Crippen LogP contribution in [0.25, 0.3) is 0 Å². The van der Waals surface area contributed by atoms with Crippen LogP contribution in [-0.4, -0.2) is 27.0 Å². The average Bonchev–Trinajstić information content (AvgIpc) is 2.47. The van der Waals surface area contributed by atoms with Crippen LogP contribution in [0.4, 0.5) is 6.01 Å². The third-order valence-electron chi connectivity index (χ3n) is 1.05. The molecule has 0 fully saturated rings. The van der Waals surface area contributed by atoms with E-state index in [0.29, 0.717) is 11.8 Å². The normalized spacial score (nSPS) is 9.92. The monoisotopic (exact) mass is 203 g/mol. The van der Waals surface area contributed by atoms with Gasteiger partial charge in [-0.05, 0) is 19.4 Å². The van der Waals surface area contributed by atoms with Crippen molar-refractivity contribution < 1.29 is 4.52 Å². The van der Waals surface area contributed by atoms with Crippen molar-refractivity contribution >= 4 is 33.9 Å². The number of hydrogen-bond donors (Lipinski definition) is 0. The molecule has 0 saturated heterocycles. The zero-order valence-electron chi connectivity index (χ0n) is 7.07. The highest BCUT2D eigenvalue weighted by atomic mass is 32.2. The van der Waals surface area contributed by atoms with Gasteiger partial charge in [-0.2, -0.15) is 9.98 Å². The zero-order chi connectivity index (χ0) is 8.97. The minimum absolute atomic E-state index is 0.325. The van der Waals surface area contributed by atoms with Gasteiger partial charge in [0.2, 0.25) is 0 Å². The molecule has 1 aromatic heterocycles. The molecule has 1 rings (SSSR count). The molecule has 12 heavy (non-hydrogen) atoms. The summed E-state index contributed by atoms with van der Waals surface area (Å²) in [5.74, 6) is 0.607. The summed E-state index contributed by atoms with van der Waals surface area (Å²) in [6, 6.07) is 0.325. The Kier molecular flexibility index (Phi) is 3.61. The lowest BCUT2D eigenvalue weighted by atomic mass is 10.7. The Hall–Kier alpha value is -0.490. The summed E-state index contributed by atoms with van der Waals surface area (Å²) in [6.45, 7) is 1.76. The quantitative estimate of drug-likeness (QED) is 0.516. The molecule has 0 radical (unpaired) electrons. The Morgan fingerprint density at radius 2 is 2.08 bits per heavy atom. The van der Waals surface area contributed by atoms with Crippen LogP contribution >= 0.6 is 23.5 Å². The molecule has 0 saturated carbocycles. The van der Waals surface area contributed by atoms with Gasteiger partial charge in [0.1, 0.15) is 4.38 Å². The predicted octanol–water partition coefficient (Wildman–Crippen LogP) is 2.09. The molecular formula is C6H9N3OS2. The van der Waals surface area contributed by atoms with E-state index in [-0.39, 0.29) is 0 Å². The largest absolute Gasteiger partial charge is 0.349 e. The molecular weight excluding hydrogens is 194 g/mol. The van der Waals surface area contributed by atoms with Crippen molar-refractivity contribution in [3.63, 3.8) is 0 Å². The molecule has 0 aromatic carbocycles. The first-order valence-electron chi connectivity index (χ1n) is 3.23. The molecule has 0 aliphatic rings. The maximum absolute atomic E-state index is 4.82. The lowest BCUT2D eigenvalue weighted by Crippen LogP contribution is -1.80. The van der Waals surface area contributed by atoms with E-state index in [4.69, 9.17) is 4.52 Å². The molecule has 0 spiro atoms. The van der Waals surface area contributed by atoms with E-state index < -0.39 is 0 Å². The van der Waals surface area contributed by atoms with Crippen molar-refractivity contribution in [3.05, 3.63) is 5.82 Å². The summed E-state index contributed by atoms with van der Waals surface area (Å²) in [4.78, 5) is 8.07. The van der Waals surface area contributed by atoms with Gasteiger partial charge in [-0.15, -0.1) is 23.5 Å². The van der Waals surface area contributed by atoms with Gasteiger partial charge < -0.3 is 4.52 Å². The second-order valence-electron chi connectivity index (χ2n) is 1.91. The van der Waals surface area contributed by atoms with Crippen LogP contribution < -0.4 is 0 Å². The molecule has 0 N–H and O–H groups in total. The molecule has 66 valence electrons. The lowest BCUT2D eigenvalue weighted by Gasteiger charge is -1.92. The lowest BCUT2D eigenvalue weighted by molar-refractivity contribution is 0.424. The Labute approximate surface area is 79.2 Å². The summed E-state index contributed by atoms with van der Waals surface area (Å²) in [5, 5.41) is 3.63. The number of aromatic nitrogens is 2. The van der Waals surface area contributed by atoms with E-state index in [0.717, 1.165) is 4.38 Å². The highest BCUT2D eigenvalue weighted by Gasteiger charge is 2.01. The van der Waals surface area contributed by atoms with E-state index in [1.807, 2.05) is 12.5 Å². The molecule has 6 heteroatoms. The van der Waals surface area contributed by atoms with Gasteiger partial charge >= 0.3 is 6.01 Å². The van der Waals surface area contributed by atoms with Crippen molar-refractivity contribution in [2.45, 2.75) is 6.92 Å². The van der Waals surface area contributed by atoms with Gasteiger partial charge in [-0.3, -0.25) is 0 Å². The summed E-state index contributed by atoms with van der Waals surface area (Å²) < 4.78 is 5.74. The van der Waals surface area contributed by atoms with E-state index in [2.05, 4.69) is 15.1 Å². The fourth-order valence-corrected chi connectivity index (χ4v) is 1.59. The number of thioether (sulfide) groups is 2. The molecule has 4 nitrogen and oxygen atoms in total. The van der Waals surface area contributed by atoms with Crippen molar-refractivity contribution in [3.8, 4) is 0 Å². The Morgan fingerprint density at radius 3 is 2.50 bits per heavy atom. The van der Waals surface area contributed by atoms with E-state index in [9.17, 15) is 0 Å². The first kappa shape index (κ1) is 9.60. The maximum Gasteiger partial charge on any atom is 0.349 e. The minimum Gasteiger partial charge on any atom is -0.313 e. The second-order valence-corrected chi connectivity index (χ2v) is 3.76. The first-order valence-corrected chi connectivity index (χ1v) is 5.68. The van der Waals surface area contributed by atoms with Crippen molar-refractivity contribution in [1.29, 1.82) is 0 Å². The van der Waals surface area contributed by atoms with Gasteiger partial charge in [0.25, 0.3) is 0 Å². The van der Waals surface area contributed by atoms with Crippen LogP contribution in [0.5, 0.6) is 0 Å². The SMILES string of the molecule is CSC(=Nc1nc(C)no1)SC. The van der Waals surface area contributed by atoms with Crippen molar-refractivity contribution in [2.75, 3.05) is 12.5 Å². The summed E-state index contributed by atoms with van der Waals surface area (Å²) in [5.41, 5.74) is 0. The number of rotatable bonds is 1. The highest BCUT2D eigenvalue weighted by Crippen LogP contribution is 2.16. The van der Waals surface area contributed by atoms with Crippen LogP contribution in [0, 0.1) is 6.92 Å². The predicted molar refractivity (Wildman–Crippen MR) is 53.2 cm³/mol. The van der Waals surface area contributed by atoms with E-state index >= 15 is 0 Å². The molecule has 0 aliphatic carbocycles. The summed E-state index contributed by atoms with van der Waals surface area (Å²) in [6.07, 6.45) is 3.91. The summed E-state index contributed by atoms with van der Waals surface area (Å²) >= 11 is 3.12. The van der Waals surface area contributed by atoms with Crippen LogP contribution in [0.15, 0.2) is 9.52 Å². The van der Waals surface area contributed by atoms with Crippen molar-refractivity contribution in [2.24, 2.45) is 4.99 Å². The molecule has 0 unspecified atom stereocenters. The third-order valence-corrected chi connectivity index (χ3v) is 2.93. The molecule has 1 aromatic rings. The van der Waals surface area contributed by atoms with Crippen LogP contribution in [-0.2, 0) is 0 Å². The van der Waals surface area contributed by atoms with E-state index in [1.165, 1.54) is 0 Å². The first-order chi connectivity index (χ1) is 5.76. The van der Waals surface area contributed by atoms with E-state index in [1.54, 1.807) is 30.4 Å². The van der Waals surface area contributed by atoms with Gasteiger partial charge in [0, 0.05) is 0 Å². The standard InChI is InChI=1S/C6H9N3OS2/c1-4-7-5(10-9-4)8-6(11-2)12-3/h1-3H3. The van der Waals surface area contributed by atoms with Crippen LogP contribution in [0.3, 0.4) is 0 Å². The molecule has 0 amide bonds. The number of aliphatic imine (C=N–C) groups is 1. The average molecular weight is 203 g/mol. The second kappa shape index (κ2) is 4.51. The Balaban J connectivity index is 2.78. The minimum atomic E-state index is 0.325. The number of aryl methyl sites for hydroxylation is 1. The van der Waals surface area contributed by atoms with Crippen molar-refractivity contribution in [1.82, 2.24) is 10.1 Å². The smallest absolute Gasteiger partial charge is 0.313 e. The summed E-state index contributed by atoms with van der Waals surface area (Å²) in [7, 11) is 0. The molecule has 1 heterocycles. The highest BCUT2D eigenvalue weighted by molar-refractivity contribution is 8.38. The Morgan fingerprint density at radius 1 is 1.42 bits per heavy atom. The van der Waals surface area contributed by atoms with Crippen LogP contribution in [0.1, 0.15) is 5.82 Å². The fourth-order valence-electron chi connectivity index (χ4n) is 0.584. The fraction of sp³-hybridized carbons (Fsp3) is 0.500. The number of nitrogens with zero attached hydrogens (tertiary/aromatic N) is 3.